The monoisotopic (exact) mass is 455 g/mol. The molecule has 2 aromatic heterocycles. The summed E-state index contributed by atoms with van der Waals surface area (Å²) in [6.45, 7) is 2.03. The number of thiophene rings is 1. The van der Waals surface area contributed by atoms with Gasteiger partial charge in [-0.25, -0.2) is 14.4 Å². The van der Waals surface area contributed by atoms with Gasteiger partial charge in [-0.3, -0.25) is 4.79 Å². The molecule has 4 rings (SSSR count). The lowest BCUT2D eigenvalue weighted by Gasteiger charge is -2.22. The number of hydrogen-bond acceptors (Lipinski definition) is 7. The fraction of sp³-hybridized carbons (Fsp3) is 0.348. The van der Waals surface area contributed by atoms with E-state index in [4.69, 9.17) is 4.74 Å². The molecule has 1 atom stereocenters. The Labute approximate surface area is 190 Å². The highest BCUT2D eigenvalue weighted by atomic mass is 32.1. The molecule has 1 aliphatic rings. The van der Waals surface area contributed by atoms with Crippen molar-refractivity contribution >= 4 is 23.1 Å². The van der Waals surface area contributed by atoms with E-state index in [0.717, 1.165) is 17.8 Å². The Morgan fingerprint density at radius 2 is 2.19 bits per heavy atom. The number of amides is 1. The Hall–Kier alpha value is -3.04. The molecule has 1 aliphatic heterocycles. The van der Waals surface area contributed by atoms with Crippen molar-refractivity contribution in [2.45, 2.75) is 19.1 Å². The average Bonchev–Trinajstić information content (AvgIpc) is 3.31. The van der Waals surface area contributed by atoms with Crippen LogP contribution in [0.3, 0.4) is 0 Å². The fourth-order valence-electron chi connectivity index (χ4n) is 3.69. The zero-order chi connectivity index (χ0) is 22.5. The van der Waals surface area contributed by atoms with E-state index in [1.54, 1.807) is 28.4 Å². The van der Waals surface area contributed by atoms with Crippen LogP contribution in [-0.4, -0.2) is 54.5 Å². The maximum atomic E-state index is 15.0. The first-order valence-electron chi connectivity index (χ1n) is 10.5. The van der Waals surface area contributed by atoms with E-state index < -0.39 is 5.82 Å². The largest absolute Gasteiger partial charge is 0.485 e. The van der Waals surface area contributed by atoms with Crippen LogP contribution in [0.25, 0.3) is 0 Å². The van der Waals surface area contributed by atoms with Gasteiger partial charge in [0.15, 0.2) is 0 Å². The van der Waals surface area contributed by atoms with Gasteiger partial charge in [0.2, 0.25) is 0 Å². The van der Waals surface area contributed by atoms with Gasteiger partial charge in [0.25, 0.3) is 5.91 Å². The van der Waals surface area contributed by atoms with Crippen molar-refractivity contribution in [3.63, 3.8) is 0 Å². The van der Waals surface area contributed by atoms with Crippen molar-refractivity contribution in [2.75, 3.05) is 38.6 Å². The zero-order valence-corrected chi connectivity index (χ0v) is 18.9. The van der Waals surface area contributed by atoms with Gasteiger partial charge in [-0.05, 0) is 31.1 Å². The molecule has 1 amide bonds. The quantitative estimate of drug-likeness (QED) is 0.561. The summed E-state index contributed by atoms with van der Waals surface area (Å²) >= 11 is 1.62. The number of fused-ring (bicyclic) bond motifs is 1. The third-order valence-corrected chi connectivity index (χ3v) is 6.42. The Bertz CT molecular complexity index is 1060. The first-order chi connectivity index (χ1) is 15.6. The molecule has 1 N–H and O–H groups in total. The third-order valence-electron chi connectivity index (χ3n) is 5.46. The summed E-state index contributed by atoms with van der Waals surface area (Å²) in [5, 5.41) is 5.14. The number of carbonyl (C=O) groups is 1. The van der Waals surface area contributed by atoms with Crippen LogP contribution in [0.5, 0.6) is 5.75 Å². The minimum absolute atomic E-state index is 0.146. The minimum Gasteiger partial charge on any atom is -0.485 e. The van der Waals surface area contributed by atoms with E-state index in [-0.39, 0.29) is 18.6 Å². The standard InChI is InChI=1S/C23H26FN5O2S/c1-25-8-7-20(21-4-3-11-32-21)31-17-6-5-16(19(24)12-17)14-29-10-9-28(2)22-18(23(29)30)13-26-15-27-22/h3-6,11-13,15,20,25H,7-10,14H2,1-2H3. The van der Waals surface area contributed by atoms with Gasteiger partial charge in [-0.2, -0.15) is 0 Å². The summed E-state index contributed by atoms with van der Waals surface area (Å²) in [7, 11) is 3.78. The Kier molecular flexibility index (Phi) is 6.96. The number of aromatic nitrogens is 2. The number of rotatable bonds is 8. The molecular formula is C23H26FN5O2S. The van der Waals surface area contributed by atoms with Gasteiger partial charge < -0.3 is 19.9 Å². The van der Waals surface area contributed by atoms with Crippen LogP contribution in [0.4, 0.5) is 10.2 Å². The molecular weight excluding hydrogens is 429 g/mol. The molecule has 7 nitrogen and oxygen atoms in total. The average molecular weight is 456 g/mol. The molecule has 0 saturated heterocycles. The van der Waals surface area contributed by atoms with Crippen molar-refractivity contribution in [3.8, 4) is 5.75 Å². The lowest BCUT2D eigenvalue weighted by molar-refractivity contribution is 0.0753. The molecule has 9 heteroatoms. The maximum Gasteiger partial charge on any atom is 0.259 e. The van der Waals surface area contributed by atoms with Gasteiger partial charge in [-0.1, -0.05) is 12.1 Å². The Morgan fingerprint density at radius 3 is 2.94 bits per heavy atom. The number of nitrogens with one attached hydrogen (secondary N) is 1. The van der Waals surface area contributed by atoms with Gasteiger partial charge in [0, 0.05) is 55.8 Å². The van der Waals surface area contributed by atoms with Crippen LogP contribution in [-0.2, 0) is 6.54 Å². The second-order valence-electron chi connectivity index (χ2n) is 7.68. The molecule has 0 fully saturated rings. The van der Waals surface area contributed by atoms with Crippen LogP contribution < -0.4 is 15.0 Å². The molecule has 0 aliphatic carbocycles. The molecule has 168 valence electrons. The number of benzene rings is 1. The highest BCUT2D eigenvalue weighted by Crippen LogP contribution is 2.29. The Morgan fingerprint density at radius 1 is 1.31 bits per heavy atom. The molecule has 3 heterocycles. The Balaban J connectivity index is 1.49. The van der Waals surface area contributed by atoms with Crippen LogP contribution in [0.15, 0.2) is 48.2 Å². The van der Waals surface area contributed by atoms with Crippen molar-refractivity contribution in [1.82, 2.24) is 20.2 Å². The topological polar surface area (TPSA) is 70.6 Å². The van der Waals surface area contributed by atoms with E-state index in [0.29, 0.717) is 35.8 Å². The first kappa shape index (κ1) is 22.2. The number of likely N-dealkylation sites (N-methyl/N-ethyl adjacent to an activating group) is 1. The van der Waals surface area contributed by atoms with Crippen molar-refractivity contribution in [1.29, 1.82) is 0 Å². The number of carbonyl (C=O) groups excluding carboxylic acids is 1. The summed E-state index contributed by atoms with van der Waals surface area (Å²) < 4.78 is 21.1. The van der Waals surface area contributed by atoms with Crippen molar-refractivity contribution in [2.24, 2.45) is 0 Å². The smallest absolute Gasteiger partial charge is 0.259 e. The summed E-state index contributed by atoms with van der Waals surface area (Å²) in [5.74, 6) is 0.477. The van der Waals surface area contributed by atoms with E-state index in [2.05, 4.69) is 15.3 Å². The number of halogens is 1. The molecule has 0 radical (unpaired) electrons. The number of ether oxygens (including phenoxy) is 1. The van der Waals surface area contributed by atoms with E-state index >= 15 is 0 Å². The first-order valence-corrected chi connectivity index (χ1v) is 11.4. The highest BCUT2D eigenvalue weighted by Gasteiger charge is 2.27. The second kappa shape index (κ2) is 10.1. The summed E-state index contributed by atoms with van der Waals surface area (Å²) in [5.41, 5.74) is 0.868. The number of anilines is 1. The molecule has 32 heavy (non-hydrogen) atoms. The van der Waals surface area contributed by atoms with Gasteiger partial charge in [0.05, 0.1) is 0 Å². The molecule has 0 bridgehead atoms. The molecule has 3 aromatic rings. The predicted octanol–water partition coefficient (Wildman–Crippen LogP) is 3.50. The van der Waals surface area contributed by atoms with E-state index in [1.165, 1.54) is 18.6 Å². The molecule has 0 saturated carbocycles. The highest BCUT2D eigenvalue weighted by molar-refractivity contribution is 7.10. The van der Waals surface area contributed by atoms with Crippen LogP contribution >= 0.6 is 11.3 Å². The minimum atomic E-state index is -0.393. The molecule has 0 spiro atoms. The normalized spacial score (nSPS) is 14.8. The van der Waals surface area contributed by atoms with Crippen LogP contribution in [0.2, 0.25) is 0 Å². The van der Waals surface area contributed by atoms with E-state index in [1.807, 2.05) is 36.5 Å². The van der Waals surface area contributed by atoms with Crippen LogP contribution in [0, 0.1) is 5.82 Å². The predicted molar refractivity (Wildman–Crippen MR) is 123 cm³/mol. The van der Waals surface area contributed by atoms with Crippen molar-refractivity contribution < 1.29 is 13.9 Å². The zero-order valence-electron chi connectivity index (χ0n) is 18.1. The lowest BCUT2D eigenvalue weighted by atomic mass is 10.1. The lowest BCUT2D eigenvalue weighted by Crippen LogP contribution is -2.33. The molecule has 1 unspecified atom stereocenters. The number of nitrogens with zero attached hydrogens (tertiary/aromatic N) is 4. The van der Waals surface area contributed by atoms with Crippen molar-refractivity contribution in [3.05, 3.63) is 70.1 Å². The maximum absolute atomic E-state index is 15.0. The van der Waals surface area contributed by atoms with Crippen LogP contribution in [0.1, 0.15) is 33.3 Å². The SMILES string of the molecule is CNCCC(Oc1ccc(CN2CCN(C)c3ncncc3C2=O)c(F)c1)c1cccs1. The third kappa shape index (κ3) is 4.89. The summed E-state index contributed by atoms with van der Waals surface area (Å²) in [6.07, 6.45) is 3.57. The fourth-order valence-corrected chi connectivity index (χ4v) is 4.48. The summed E-state index contributed by atoms with van der Waals surface area (Å²) in [6, 6.07) is 8.88. The van der Waals surface area contributed by atoms with E-state index in [9.17, 15) is 9.18 Å². The van der Waals surface area contributed by atoms with Gasteiger partial charge in [0.1, 0.15) is 35.4 Å². The number of hydrogen-bond donors (Lipinski definition) is 1. The molecule has 1 aromatic carbocycles. The van der Waals surface area contributed by atoms with Gasteiger partial charge in [-0.15, -0.1) is 11.3 Å². The summed E-state index contributed by atoms with van der Waals surface area (Å²) in [4.78, 5) is 25.9. The van der Waals surface area contributed by atoms with Gasteiger partial charge >= 0.3 is 0 Å². The second-order valence-corrected chi connectivity index (χ2v) is 8.65.